The first-order valence-electron chi connectivity index (χ1n) is 18.7. The van der Waals surface area contributed by atoms with Gasteiger partial charge < -0.3 is 37.6 Å². The number of fused-ring (bicyclic) bond motifs is 7. The van der Waals surface area contributed by atoms with Gasteiger partial charge in [-0.05, 0) is 74.3 Å². The maximum absolute atomic E-state index is 6.42. The van der Waals surface area contributed by atoms with E-state index in [9.17, 15) is 0 Å². The molecule has 2 aromatic rings. The average molecular weight is 674 g/mol. The minimum atomic E-state index is 0.416. The molecule has 48 heavy (non-hydrogen) atoms. The van der Waals surface area contributed by atoms with Crippen molar-refractivity contribution in [3.63, 3.8) is 0 Å². The number of hydrogen-bond acceptors (Lipinski definition) is 10. The van der Waals surface area contributed by atoms with Crippen LogP contribution in [0.25, 0.3) is 0 Å². The van der Waals surface area contributed by atoms with Gasteiger partial charge in [-0.1, -0.05) is 56.7 Å². The monoisotopic (exact) mass is 673 g/mol. The Bertz CT molecular complexity index is 1320. The van der Waals surface area contributed by atoms with Gasteiger partial charge in [-0.3, -0.25) is 9.97 Å². The van der Waals surface area contributed by atoms with Gasteiger partial charge in [-0.15, -0.1) is 11.8 Å². The van der Waals surface area contributed by atoms with E-state index in [1.54, 1.807) is 11.8 Å². The van der Waals surface area contributed by atoms with Gasteiger partial charge in [0, 0.05) is 80.5 Å². The molecule has 0 radical (unpaired) electrons. The molecule has 10 heteroatoms. The molecular weight excluding hydrogens is 615 g/mol. The summed E-state index contributed by atoms with van der Waals surface area (Å²) in [6, 6.07) is 15.6. The van der Waals surface area contributed by atoms with E-state index in [1.165, 1.54) is 77.0 Å². The third kappa shape index (κ3) is 11.1. The van der Waals surface area contributed by atoms with Gasteiger partial charge in [0.1, 0.15) is 0 Å². The average Bonchev–Trinajstić information content (AvgIpc) is 3.13. The molecule has 0 amide bonds. The lowest BCUT2D eigenvalue weighted by atomic mass is 9.90. The molecule has 2 aromatic heterocycles. The van der Waals surface area contributed by atoms with Crippen molar-refractivity contribution >= 4 is 11.8 Å². The minimum absolute atomic E-state index is 0.416. The Balaban J connectivity index is 1.12. The molecule has 0 spiro atoms. The second-order valence-electron chi connectivity index (χ2n) is 14.2. The summed E-state index contributed by atoms with van der Waals surface area (Å²) in [6.07, 6.45) is 18.9. The Morgan fingerprint density at radius 2 is 0.854 bits per heavy atom. The van der Waals surface area contributed by atoms with Crippen molar-refractivity contribution in [3.05, 3.63) is 82.4 Å². The van der Waals surface area contributed by atoms with Gasteiger partial charge in [-0.25, -0.2) is 0 Å². The summed E-state index contributed by atoms with van der Waals surface area (Å²) in [7, 11) is 0. The zero-order valence-corrected chi connectivity index (χ0v) is 29.6. The van der Waals surface area contributed by atoms with E-state index in [1.807, 2.05) is 6.08 Å². The van der Waals surface area contributed by atoms with Crippen molar-refractivity contribution in [3.8, 4) is 0 Å². The van der Waals surface area contributed by atoms with Crippen molar-refractivity contribution in [1.82, 2.24) is 41.9 Å². The molecule has 4 bridgehead atoms. The predicted octanol–water partition coefficient (Wildman–Crippen LogP) is 4.71. The smallest absolute Gasteiger partial charge is 0.0545 e. The Labute approximate surface area is 293 Å². The number of thioether (sulfide) groups is 1. The van der Waals surface area contributed by atoms with E-state index in [0.29, 0.717) is 42.8 Å². The molecule has 3 saturated carbocycles. The van der Waals surface area contributed by atoms with E-state index in [0.717, 1.165) is 60.5 Å². The molecular formula is C38H59N9S. The Hall–Kier alpha value is -2.31. The SMILES string of the molecule is N/C1=C\C=C/SCNC2CCCCC2NCc2cccc(n2)CNC2CCCCC2NCc2cccc(n2)CNC2CCCCC2NC1. The quantitative estimate of drug-likeness (QED) is 0.212. The highest BCUT2D eigenvalue weighted by Crippen LogP contribution is 2.22. The van der Waals surface area contributed by atoms with Crippen LogP contribution < -0.4 is 37.6 Å². The zero-order chi connectivity index (χ0) is 32.8. The van der Waals surface area contributed by atoms with Gasteiger partial charge in [0.05, 0.1) is 22.8 Å². The molecule has 8 N–H and O–H groups in total. The van der Waals surface area contributed by atoms with Gasteiger partial charge in [0.15, 0.2) is 0 Å². The first-order valence-corrected chi connectivity index (χ1v) is 19.8. The van der Waals surface area contributed by atoms with Crippen molar-refractivity contribution in [1.29, 1.82) is 0 Å². The first-order chi connectivity index (χ1) is 23.7. The van der Waals surface area contributed by atoms with Crippen LogP contribution in [0.1, 0.15) is 99.8 Å². The van der Waals surface area contributed by atoms with E-state index < -0.39 is 0 Å². The molecule has 3 fully saturated rings. The molecule has 6 unspecified atom stereocenters. The van der Waals surface area contributed by atoms with Gasteiger partial charge >= 0.3 is 0 Å². The van der Waals surface area contributed by atoms with E-state index in [4.69, 9.17) is 15.7 Å². The van der Waals surface area contributed by atoms with Crippen molar-refractivity contribution in [2.75, 3.05) is 12.4 Å². The van der Waals surface area contributed by atoms with Gasteiger partial charge in [0.2, 0.25) is 0 Å². The van der Waals surface area contributed by atoms with Crippen LogP contribution in [0.4, 0.5) is 0 Å². The van der Waals surface area contributed by atoms with Crippen LogP contribution in [0, 0.1) is 0 Å². The number of nitrogens with zero attached hydrogens (tertiary/aromatic N) is 2. The lowest BCUT2D eigenvalue weighted by Gasteiger charge is -2.33. The maximum atomic E-state index is 6.42. The lowest BCUT2D eigenvalue weighted by Crippen LogP contribution is -2.50. The number of nitrogens with one attached hydrogen (secondary N) is 6. The summed E-state index contributed by atoms with van der Waals surface area (Å²) < 4.78 is 0. The number of nitrogens with two attached hydrogens (primary N) is 1. The largest absolute Gasteiger partial charge is 0.401 e. The number of pyridine rings is 2. The van der Waals surface area contributed by atoms with E-state index in [2.05, 4.69) is 79.8 Å². The standard InChI is InChI=1S/C38H59N9S/c39-28-10-9-21-48-27-45-38-20-6-5-19-37(38)44-26-32-14-8-13-31(47-32)25-43-36-18-4-3-17-35(36)42-24-30-12-7-11-29(46-30)23-41-34-16-2-1-15-33(34)40-22-28/h7-14,21,33-38,40-45H,1-6,15-20,22-27,39H2/b21-9-,28-10-. The van der Waals surface area contributed by atoms with Crippen LogP contribution >= 0.6 is 11.8 Å². The first kappa shape index (κ1) is 35.5. The summed E-state index contributed by atoms with van der Waals surface area (Å²) in [5.74, 6) is 0.898. The van der Waals surface area contributed by atoms with Gasteiger partial charge in [-0.2, -0.15) is 0 Å². The number of allylic oxidation sites excluding steroid dienone is 2. The molecule has 9 nitrogen and oxygen atoms in total. The van der Waals surface area contributed by atoms with Gasteiger partial charge in [0.25, 0.3) is 0 Å². The van der Waals surface area contributed by atoms with Crippen LogP contribution in [0.2, 0.25) is 0 Å². The molecule has 3 aliphatic carbocycles. The number of hydrogen-bond donors (Lipinski definition) is 7. The Kier molecular flexibility index (Phi) is 14.2. The fourth-order valence-electron chi connectivity index (χ4n) is 7.98. The normalized spacial score (nSPS) is 32.4. The number of rotatable bonds is 0. The second-order valence-corrected chi connectivity index (χ2v) is 15.1. The molecule has 6 rings (SSSR count). The maximum Gasteiger partial charge on any atom is 0.0545 e. The summed E-state index contributed by atoms with van der Waals surface area (Å²) in [6.45, 7) is 3.89. The van der Waals surface area contributed by atoms with Crippen LogP contribution in [-0.4, -0.2) is 58.6 Å². The molecule has 0 aromatic carbocycles. The Morgan fingerprint density at radius 3 is 1.25 bits per heavy atom. The molecule has 1 aliphatic heterocycles. The fraction of sp³-hybridized carbons (Fsp3) is 0.632. The van der Waals surface area contributed by atoms with Crippen molar-refractivity contribution in [2.45, 2.75) is 139 Å². The third-order valence-electron chi connectivity index (χ3n) is 10.7. The third-order valence-corrected chi connectivity index (χ3v) is 11.4. The highest BCUT2D eigenvalue weighted by molar-refractivity contribution is 8.02. The van der Waals surface area contributed by atoms with Crippen LogP contribution in [0.5, 0.6) is 0 Å². The predicted molar refractivity (Wildman–Crippen MR) is 199 cm³/mol. The van der Waals surface area contributed by atoms with Crippen LogP contribution in [0.15, 0.2) is 59.7 Å². The fourth-order valence-corrected chi connectivity index (χ4v) is 8.58. The summed E-state index contributed by atoms with van der Waals surface area (Å²) >= 11 is 1.80. The van der Waals surface area contributed by atoms with Crippen LogP contribution in [-0.2, 0) is 26.2 Å². The molecule has 6 atom stereocenters. The van der Waals surface area contributed by atoms with E-state index in [-0.39, 0.29) is 0 Å². The summed E-state index contributed by atoms with van der Waals surface area (Å²) in [5.41, 5.74) is 11.8. The lowest BCUT2D eigenvalue weighted by molar-refractivity contribution is 0.279. The highest BCUT2D eigenvalue weighted by Gasteiger charge is 2.27. The summed E-state index contributed by atoms with van der Waals surface area (Å²) in [4.78, 5) is 10.1. The number of aromatic nitrogens is 2. The van der Waals surface area contributed by atoms with Crippen molar-refractivity contribution in [2.24, 2.45) is 5.73 Å². The molecule has 4 aliphatic rings. The topological polar surface area (TPSA) is 124 Å². The highest BCUT2D eigenvalue weighted by atomic mass is 32.2. The molecule has 0 saturated heterocycles. The zero-order valence-electron chi connectivity index (χ0n) is 28.8. The second kappa shape index (κ2) is 19.2. The molecule has 3 heterocycles. The summed E-state index contributed by atoms with van der Waals surface area (Å²) in [5, 5.41) is 25.2. The Morgan fingerprint density at radius 1 is 0.500 bits per heavy atom. The van der Waals surface area contributed by atoms with E-state index >= 15 is 0 Å². The molecule has 262 valence electrons. The van der Waals surface area contributed by atoms with Crippen molar-refractivity contribution < 1.29 is 0 Å². The minimum Gasteiger partial charge on any atom is -0.401 e. The van der Waals surface area contributed by atoms with Crippen LogP contribution in [0.3, 0.4) is 0 Å².